The number of methoxy groups -OCH3 is 1. The van der Waals surface area contributed by atoms with E-state index in [2.05, 4.69) is 0 Å². The summed E-state index contributed by atoms with van der Waals surface area (Å²) in [6.07, 6.45) is 3.39. The number of piperidine rings is 1. The van der Waals surface area contributed by atoms with E-state index in [4.69, 9.17) is 32.9 Å². The van der Waals surface area contributed by atoms with Crippen molar-refractivity contribution in [3.63, 3.8) is 0 Å². The summed E-state index contributed by atoms with van der Waals surface area (Å²) in [5.41, 5.74) is 1.91. The predicted molar refractivity (Wildman–Crippen MR) is 184 cm³/mol. The molecule has 0 amide bonds. The van der Waals surface area contributed by atoms with Crippen LogP contribution in [0.25, 0.3) is 5.69 Å². The third-order valence-electron chi connectivity index (χ3n) is 8.88. The maximum atomic E-state index is 15.7. The van der Waals surface area contributed by atoms with Crippen LogP contribution in [-0.2, 0) is 21.2 Å². The number of likely N-dealkylation sites (N-methyl/N-ethyl adjacent to an activating group) is 1. The lowest BCUT2D eigenvalue weighted by atomic mass is 9.81. The number of thioether (sulfide) groups is 1. The molecular formula is C34H39Cl2F2N4O3S2+. The molecule has 0 radical (unpaired) electrons. The van der Waals surface area contributed by atoms with Crippen LogP contribution in [0.1, 0.15) is 43.5 Å². The van der Waals surface area contributed by atoms with Gasteiger partial charge in [-0.3, -0.25) is 4.57 Å². The second-order valence-corrected chi connectivity index (χ2v) is 16.8. The summed E-state index contributed by atoms with van der Waals surface area (Å²) in [5, 5.41) is 1.02. The Morgan fingerprint density at radius 3 is 2.38 bits per heavy atom. The van der Waals surface area contributed by atoms with Crippen molar-refractivity contribution < 1.29 is 26.4 Å². The molecule has 1 aliphatic heterocycles. The molecule has 7 nitrogen and oxygen atoms in total. The molecule has 1 atom stereocenters. The average molecular weight is 725 g/mol. The lowest BCUT2D eigenvalue weighted by molar-refractivity contribution is -0.896. The minimum Gasteiger partial charge on any atom is -0.495 e. The van der Waals surface area contributed by atoms with Crippen molar-refractivity contribution in [3.05, 3.63) is 99.3 Å². The first kappa shape index (κ1) is 35.6. The summed E-state index contributed by atoms with van der Waals surface area (Å²) in [4.78, 5) is 4.53. The van der Waals surface area contributed by atoms with E-state index < -0.39 is 21.3 Å². The van der Waals surface area contributed by atoms with Gasteiger partial charge in [0.2, 0.25) is 10.0 Å². The largest absolute Gasteiger partial charge is 0.495 e. The van der Waals surface area contributed by atoms with Gasteiger partial charge in [-0.2, -0.15) is 4.31 Å². The van der Waals surface area contributed by atoms with Crippen LogP contribution in [0.4, 0.5) is 8.78 Å². The van der Waals surface area contributed by atoms with Gasteiger partial charge < -0.3 is 9.22 Å². The van der Waals surface area contributed by atoms with Gasteiger partial charge in [0.15, 0.2) is 5.16 Å². The highest BCUT2D eigenvalue weighted by Crippen LogP contribution is 2.40. The van der Waals surface area contributed by atoms with Crippen molar-refractivity contribution in [2.45, 2.75) is 54.0 Å². The Labute approximate surface area is 290 Å². The number of rotatable bonds is 10. The standard InChI is InChI=1S/C34H39Cl2F2N4O3S2/c1-34(2,22-9-14-28(35)31(16-22)45-6)32-19-39-33(41(32)24-12-10-23(37)11-13-24)46-21-27-29(36)17-26(18-30(27)38)47(43,44)40-15-7-8-25(20-40)42(3,4)5/h9-14,16-19,25H,7-8,15,20-21H2,1-6H3/q+1. The minimum absolute atomic E-state index is 0.0185. The summed E-state index contributed by atoms with van der Waals surface area (Å²) in [7, 11) is 3.74. The maximum absolute atomic E-state index is 15.7. The van der Waals surface area contributed by atoms with E-state index in [0.717, 1.165) is 30.2 Å². The van der Waals surface area contributed by atoms with E-state index in [1.807, 2.05) is 51.7 Å². The molecule has 1 saturated heterocycles. The Morgan fingerprint density at radius 1 is 1.04 bits per heavy atom. The molecule has 0 saturated carbocycles. The van der Waals surface area contributed by atoms with Crippen molar-refractivity contribution in [2.24, 2.45) is 0 Å². The van der Waals surface area contributed by atoms with E-state index in [0.29, 0.717) is 39.2 Å². The van der Waals surface area contributed by atoms with Crippen molar-refractivity contribution in [3.8, 4) is 11.4 Å². The molecule has 2 heterocycles. The van der Waals surface area contributed by atoms with Crippen molar-refractivity contribution in [1.82, 2.24) is 13.9 Å². The number of ether oxygens (including phenoxy) is 1. The van der Waals surface area contributed by atoms with Crippen molar-refractivity contribution in [2.75, 3.05) is 41.3 Å². The molecule has 1 aliphatic rings. The zero-order valence-electron chi connectivity index (χ0n) is 27.2. The highest BCUT2D eigenvalue weighted by molar-refractivity contribution is 7.98. The number of hydrogen-bond donors (Lipinski definition) is 0. The first-order valence-electron chi connectivity index (χ1n) is 15.1. The molecule has 4 aromatic rings. The number of nitrogens with zero attached hydrogens (tertiary/aromatic N) is 4. The van der Waals surface area contributed by atoms with Crippen LogP contribution >= 0.6 is 35.0 Å². The third-order valence-corrected chi connectivity index (χ3v) is 12.4. The minimum atomic E-state index is -3.95. The molecule has 0 bridgehead atoms. The molecular weight excluding hydrogens is 685 g/mol. The fourth-order valence-corrected chi connectivity index (χ4v) is 9.03. The number of imidazole rings is 1. The smallest absolute Gasteiger partial charge is 0.243 e. The monoisotopic (exact) mass is 723 g/mol. The molecule has 1 unspecified atom stereocenters. The number of benzene rings is 3. The highest BCUT2D eigenvalue weighted by Gasteiger charge is 2.37. The quantitative estimate of drug-likeness (QED) is 0.123. The van der Waals surface area contributed by atoms with E-state index in [1.165, 1.54) is 34.3 Å². The van der Waals surface area contributed by atoms with Gasteiger partial charge in [0.05, 0.1) is 56.6 Å². The van der Waals surface area contributed by atoms with Crippen LogP contribution < -0.4 is 4.74 Å². The number of hydrogen-bond acceptors (Lipinski definition) is 5. The molecule has 13 heteroatoms. The first-order valence-corrected chi connectivity index (χ1v) is 18.3. The molecule has 1 aromatic heterocycles. The SMILES string of the molecule is COc1cc(C(C)(C)c2cnc(SCc3c(F)cc(S(=O)(=O)N4CCCC([N+](C)(C)C)C4)cc3Cl)n2-c2ccc(F)cc2)ccc1Cl. The van der Waals surface area contributed by atoms with Crippen molar-refractivity contribution >= 4 is 45.0 Å². The van der Waals surface area contributed by atoms with Gasteiger partial charge in [-0.25, -0.2) is 22.2 Å². The lowest BCUT2D eigenvalue weighted by Crippen LogP contribution is -2.55. The van der Waals surface area contributed by atoms with E-state index in [1.54, 1.807) is 31.5 Å². The molecule has 5 rings (SSSR count). The molecule has 252 valence electrons. The summed E-state index contributed by atoms with van der Waals surface area (Å²) in [6.45, 7) is 4.79. The van der Waals surface area contributed by atoms with Gasteiger partial charge in [-0.05, 0) is 60.5 Å². The van der Waals surface area contributed by atoms with E-state index >= 15 is 4.39 Å². The van der Waals surface area contributed by atoms with Crippen molar-refractivity contribution in [1.29, 1.82) is 0 Å². The fraction of sp³-hybridized carbons (Fsp3) is 0.382. The normalized spacial score (nSPS) is 16.4. The van der Waals surface area contributed by atoms with Gasteiger partial charge in [0.25, 0.3) is 0 Å². The lowest BCUT2D eigenvalue weighted by Gasteiger charge is -2.40. The van der Waals surface area contributed by atoms with Crippen LogP contribution in [0, 0.1) is 11.6 Å². The van der Waals surface area contributed by atoms with Crippen LogP contribution in [0.2, 0.25) is 10.0 Å². The summed E-state index contributed by atoms with van der Waals surface area (Å²) in [6, 6.07) is 14.1. The first-order chi connectivity index (χ1) is 22.0. The predicted octanol–water partition coefficient (Wildman–Crippen LogP) is 7.94. The van der Waals surface area contributed by atoms with Crippen LogP contribution in [0.5, 0.6) is 5.75 Å². The molecule has 3 aromatic carbocycles. The molecule has 0 aliphatic carbocycles. The topological polar surface area (TPSA) is 64.4 Å². The van der Waals surface area contributed by atoms with Gasteiger partial charge >= 0.3 is 0 Å². The molecule has 0 spiro atoms. The van der Waals surface area contributed by atoms with E-state index in [-0.39, 0.29) is 33.1 Å². The number of quaternary nitrogens is 1. The van der Waals surface area contributed by atoms with Gasteiger partial charge in [-0.1, -0.05) is 54.9 Å². The highest BCUT2D eigenvalue weighted by atomic mass is 35.5. The Morgan fingerprint density at radius 2 is 1.74 bits per heavy atom. The fourth-order valence-electron chi connectivity index (χ4n) is 5.84. The summed E-state index contributed by atoms with van der Waals surface area (Å²) >= 11 is 14.1. The zero-order chi connectivity index (χ0) is 34.3. The summed E-state index contributed by atoms with van der Waals surface area (Å²) in [5.74, 6) is -0.487. The van der Waals surface area contributed by atoms with Crippen LogP contribution in [-0.4, -0.2) is 74.1 Å². The molecule has 0 N–H and O–H groups in total. The van der Waals surface area contributed by atoms with Gasteiger partial charge in [0.1, 0.15) is 23.4 Å². The van der Waals surface area contributed by atoms with Gasteiger partial charge in [-0.15, -0.1) is 0 Å². The summed E-state index contributed by atoms with van der Waals surface area (Å²) < 4.78 is 66.2. The van der Waals surface area contributed by atoms with E-state index in [9.17, 15) is 12.8 Å². The number of sulfonamides is 1. The maximum Gasteiger partial charge on any atom is 0.243 e. The third kappa shape index (κ3) is 7.35. The second-order valence-electron chi connectivity index (χ2n) is 13.1. The second kappa shape index (κ2) is 13.7. The molecule has 1 fully saturated rings. The Kier molecular flexibility index (Phi) is 10.4. The Balaban J connectivity index is 1.46. The molecule has 47 heavy (non-hydrogen) atoms. The van der Waals surface area contributed by atoms with Crippen LogP contribution in [0.15, 0.2) is 70.8 Å². The van der Waals surface area contributed by atoms with Gasteiger partial charge in [0, 0.05) is 40.4 Å². The Bertz CT molecular complexity index is 1850. The van der Waals surface area contributed by atoms with Crippen LogP contribution in [0.3, 0.4) is 0 Å². The number of aromatic nitrogens is 2. The number of halogens is 4. The Hall–Kier alpha value is -2.67. The average Bonchev–Trinajstić information content (AvgIpc) is 3.45. The zero-order valence-corrected chi connectivity index (χ0v) is 30.4.